The number of hydrogen-bond acceptors (Lipinski definition) is 7. The highest BCUT2D eigenvalue weighted by Gasteiger charge is 2.23. The van der Waals surface area contributed by atoms with Crippen LogP contribution in [-0.4, -0.2) is 29.3 Å². The molecule has 0 radical (unpaired) electrons. The van der Waals surface area contributed by atoms with Gasteiger partial charge in [-0.2, -0.15) is 10.2 Å². The number of rotatable bonds is 7. The van der Waals surface area contributed by atoms with Crippen molar-refractivity contribution < 1.29 is 13.3 Å². The normalized spacial score (nSPS) is 11.6. The van der Waals surface area contributed by atoms with Gasteiger partial charge >= 0.3 is 0 Å². The molecule has 0 aliphatic heterocycles. The number of aryl methyl sites for hydroxylation is 2. The van der Waals surface area contributed by atoms with E-state index in [0.717, 1.165) is 6.07 Å². The summed E-state index contributed by atoms with van der Waals surface area (Å²) in [6, 6.07) is 9.32. The van der Waals surface area contributed by atoms with Crippen LogP contribution in [0.4, 0.5) is 17.1 Å². The number of nitrogens with zero attached hydrogens (tertiary/aromatic N) is 4. The molecule has 1 aromatic heterocycles. The van der Waals surface area contributed by atoms with Crippen LogP contribution in [0.1, 0.15) is 11.3 Å². The highest BCUT2D eigenvalue weighted by Crippen LogP contribution is 2.29. The molecule has 0 aliphatic rings. The number of nitrogens with one attached hydrogen (secondary N) is 2. The Morgan fingerprint density at radius 2 is 1.87 bits per heavy atom. The van der Waals surface area contributed by atoms with Gasteiger partial charge in [-0.1, -0.05) is 23.2 Å². The van der Waals surface area contributed by atoms with Gasteiger partial charge < -0.3 is 0 Å². The summed E-state index contributed by atoms with van der Waals surface area (Å²) in [6.07, 6.45) is 1.38. The average molecular weight is 483 g/mol. The van der Waals surface area contributed by atoms with Crippen LogP contribution >= 0.6 is 23.2 Å². The van der Waals surface area contributed by atoms with Crippen LogP contribution in [-0.2, 0) is 17.1 Å². The first-order valence-corrected chi connectivity index (χ1v) is 10.9. The number of nitro benzene ring substituents is 1. The second kappa shape index (κ2) is 8.92. The SMILES string of the molecule is Cc1nn(C)c(Cl)c1/C=N/Nc1ccc([N+](=O)[O-])cc1S(=O)(=O)Nc1ccc(Cl)cc1. The van der Waals surface area contributed by atoms with Crippen molar-refractivity contribution in [1.82, 2.24) is 9.78 Å². The highest BCUT2D eigenvalue weighted by atomic mass is 35.5. The summed E-state index contributed by atoms with van der Waals surface area (Å²) >= 11 is 12.0. The molecule has 31 heavy (non-hydrogen) atoms. The van der Waals surface area contributed by atoms with Crippen molar-refractivity contribution in [2.75, 3.05) is 10.1 Å². The molecule has 0 aliphatic carbocycles. The monoisotopic (exact) mass is 482 g/mol. The van der Waals surface area contributed by atoms with Crippen molar-refractivity contribution in [2.24, 2.45) is 12.1 Å². The number of nitro groups is 1. The van der Waals surface area contributed by atoms with Crippen molar-refractivity contribution in [3.05, 3.63) is 74.0 Å². The fourth-order valence-corrected chi connectivity index (χ4v) is 4.21. The van der Waals surface area contributed by atoms with Gasteiger partial charge in [-0.25, -0.2) is 8.42 Å². The van der Waals surface area contributed by atoms with Crippen molar-refractivity contribution in [3.63, 3.8) is 0 Å². The predicted octanol–water partition coefficient (Wildman–Crippen LogP) is 4.19. The molecule has 0 bridgehead atoms. The maximum absolute atomic E-state index is 12.9. The van der Waals surface area contributed by atoms with Gasteiger partial charge in [0, 0.05) is 29.9 Å². The summed E-state index contributed by atoms with van der Waals surface area (Å²) in [7, 11) is -2.53. The standard InChI is InChI=1S/C18H16Cl2N6O4S/c1-11-15(18(20)25(2)23-11)10-21-22-16-8-7-14(26(27)28)9-17(16)31(29,30)24-13-5-3-12(19)4-6-13/h3-10,22,24H,1-2H3/b21-10+. The molecule has 0 unspecified atom stereocenters. The molecule has 1 heterocycles. The van der Waals surface area contributed by atoms with Crippen molar-refractivity contribution in [1.29, 1.82) is 0 Å². The number of non-ortho nitro benzene ring substituents is 1. The molecule has 0 saturated heterocycles. The van der Waals surface area contributed by atoms with E-state index in [4.69, 9.17) is 23.2 Å². The van der Waals surface area contributed by atoms with Crippen LogP contribution in [0.3, 0.4) is 0 Å². The molecule has 13 heteroatoms. The van der Waals surface area contributed by atoms with Gasteiger partial charge in [-0.05, 0) is 37.3 Å². The molecule has 162 valence electrons. The number of hydrazone groups is 1. The minimum Gasteiger partial charge on any atom is -0.280 e. The van der Waals surface area contributed by atoms with Gasteiger partial charge in [-0.3, -0.25) is 24.9 Å². The lowest BCUT2D eigenvalue weighted by molar-refractivity contribution is -0.385. The topological polar surface area (TPSA) is 132 Å². The van der Waals surface area contributed by atoms with Crippen molar-refractivity contribution >= 4 is 56.5 Å². The van der Waals surface area contributed by atoms with Crippen LogP contribution in [0.2, 0.25) is 10.2 Å². The van der Waals surface area contributed by atoms with E-state index in [-0.39, 0.29) is 16.3 Å². The Bertz CT molecular complexity index is 1270. The first-order valence-electron chi connectivity index (χ1n) is 8.63. The minimum absolute atomic E-state index is 0.0287. The van der Waals surface area contributed by atoms with Gasteiger partial charge in [0.2, 0.25) is 0 Å². The summed E-state index contributed by atoms with van der Waals surface area (Å²) in [5.74, 6) is 0. The lowest BCUT2D eigenvalue weighted by Crippen LogP contribution is -2.15. The molecule has 2 N–H and O–H groups in total. The van der Waals surface area contributed by atoms with E-state index in [1.165, 1.54) is 47.3 Å². The van der Waals surface area contributed by atoms with Crippen molar-refractivity contribution in [2.45, 2.75) is 11.8 Å². The summed E-state index contributed by atoms with van der Waals surface area (Å²) in [5.41, 5.74) is 3.65. The quantitative estimate of drug-likeness (QED) is 0.294. The third kappa shape index (κ3) is 5.13. The molecule has 0 spiro atoms. The van der Waals surface area contributed by atoms with E-state index in [1.807, 2.05) is 0 Å². The number of hydrogen-bond donors (Lipinski definition) is 2. The Hall–Kier alpha value is -3.15. The van der Waals surface area contributed by atoms with E-state index in [0.29, 0.717) is 21.4 Å². The molecule has 10 nitrogen and oxygen atoms in total. The Morgan fingerprint density at radius 3 is 2.45 bits per heavy atom. The highest BCUT2D eigenvalue weighted by molar-refractivity contribution is 7.92. The van der Waals surface area contributed by atoms with E-state index in [9.17, 15) is 18.5 Å². The zero-order valence-corrected chi connectivity index (χ0v) is 18.5. The average Bonchev–Trinajstić information content (AvgIpc) is 2.95. The molecular formula is C18H16Cl2N6O4S. The Kier molecular flexibility index (Phi) is 6.48. The first kappa shape index (κ1) is 22.5. The fourth-order valence-electron chi connectivity index (χ4n) is 2.63. The van der Waals surface area contributed by atoms with Gasteiger partial charge in [0.15, 0.2) is 0 Å². The van der Waals surface area contributed by atoms with Crippen LogP contribution < -0.4 is 10.1 Å². The summed E-state index contributed by atoms with van der Waals surface area (Å²) < 4.78 is 29.7. The largest absolute Gasteiger partial charge is 0.280 e. The predicted molar refractivity (Wildman–Crippen MR) is 120 cm³/mol. The number of sulfonamides is 1. The first-order chi connectivity index (χ1) is 14.6. The molecule has 0 atom stereocenters. The van der Waals surface area contributed by atoms with Crippen LogP contribution in [0.15, 0.2) is 52.5 Å². The summed E-state index contributed by atoms with van der Waals surface area (Å²) in [5, 5.41) is 20.1. The Morgan fingerprint density at radius 1 is 1.19 bits per heavy atom. The molecule has 3 aromatic rings. The second-order valence-corrected chi connectivity index (χ2v) is 8.78. The Balaban J connectivity index is 1.96. The lowest BCUT2D eigenvalue weighted by atomic mass is 10.3. The number of aromatic nitrogens is 2. The molecule has 0 fully saturated rings. The van der Waals surface area contributed by atoms with Crippen LogP contribution in [0.25, 0.3) is 0 Å². The van der Waals surface area contributed by atoms with Gasteiger partial charge in [0.05, 0.1) is 28.1 Å². The zero-order valence-electron chi connectivity index (χ0n) is 16.2. The van der Waals surface area contributed by atoms with E-state index in [1.54, 1.807) is 14.0 Å². The van der Waals surface area contributed by atoms with E-state index in [2.05, 4.69) is 20.3 Å². The van der Waals surface area contributed by atoms with Crippen molar-refractivity contribution in [3.8, 4) is 0 Å². The van der Waals surface area contributed by atoms with E-state index >= 15 is 0 Å². The maximum Gasteiger partial charge on any atom is 0.270 e. The molecule has 0 amide bonds. The molecule has 0 saturated carbocycles. The van der Waals surface area contributed by atoms with E-state index < -0.39 is 20.6 Å². The maximum atomic E-state index is 12.9. The number of benzene rings is 2. The smallest absolute Gasteiger partial charge is 0.270 e. The van der Waals surface area contributed by atoms with Gasteiger partial charge in [-0.15, -0.1) is 0 Å². The van der Waals surface area contributed by atoms with Crippen LogP contribution in [0, 0.1) is 17.0 Å². The third-order valence-corrected chi connectivity index (χ3v) is 6.26. The fraction of sp³-hybridized carbons (Fsp3) is 0.111. The van der Waals surface area contributed by atoms with Gasteiger partial charge in [0.25, 0.3) is 15.7 Å². The second-order valence-electron chi connectivity index (χ2n) is 6.33. The molecular weight excluding hydrogens is 467 g/mol. The van der Waals surface area contributed by atoms with Gasteiger partial charge in [0.1, 0.15) is 10.0 Å². The zero-order chi connectivity index (χ0) is 22.8. The lowest BCUT2D eigenvalue weighted by Gasteiger charge is -2.12. The Labute approximate surface area is 187 Å². The summed E-state index contributed by atoms with van der Waals surface area (Å²) in [6.45, 7) is 1.74. The number of anilines is 2. The molecule has 3 rings (SSSR count). The third-order valence-electron chi connectivity index (χ3n) is 4.14. The summed E-state index contributed by atoms with van der Waals surface area (Å²) in [4.78, 5) is 10.1. The number of halogens is 2. The molecule has 2 aromatic carbocycles. The van der Waals surface area contributed by atoms with Crippen LogP contribution in [0.5, 0.6) is 0 Å². The minimum atomic E-state index is -4.20.